The van der Waals surface area contributed by atoms with Crippen LogP contribution in [0.1, 0.15) is 51.0 Å². The van der Waals surface area contributed by atoms with E-state index in [0.29, 0.717) is 5.92 Å². The lowest BCUT2D eigenvalue weighted by atomic mass is 9.93. The molecule has 0 saturated heterocycles. The van der Waals surface area contributed by atoms with Crippen molar-refractivity contribution < 1.29 is 2.74 Å². The summed E-state index contributed by atoms with van der Waals surface area (Å²) in [7, 11) is 0. The summed E-state index contributed by atoms with van der Waals surface area (Å²) >= 11 is 0. The van der Waals surface area contributed by atoms with E-state index in [1.165, 1.54) is 42.4 Å². The molecule has 0 spiro atoms. The molecule has 23 heavy (non-hydrogen) atoms. The molecule has 0 N–H and O–H groups in total. The first-order chi connectivity index (χ1) is 12.0. The number of aryl methyl sites for hydroxylation is 2. The molecule has 1 heteroatoms. The van der Waals surface area contributed by atoms with E-state index < -0.39 is 0 Å². The van der Waals surface area contributed by atoms with Crippen molar-refractivity contribution in [3.63, 3.8) is 0 Å². The van der Waals surface area contributed by atoms with Gasteiger partial charge in [0.05, 0.1) is 8.44 Å². The van der Waals surface area contributed by atoms with Crippen LogP contribution >= 0.6 is 0 Å². The van der Waals surface area contributed by atoms with Crippen molar-refractivity contribution in [1.29, 1.82) is 0 Å². The van der Waals surface area contributed by atoms with Gasteiger partial charge in [0.25, 0.3) is 0 Å². The lowest BCUT2D eigenvalue weighted by Gasteiger charge is -2.13. The van der Waals surface area contributed by atoms with Crippen molar-refractivity contribution in [2.24, 2.45) is 0 Å². The van der Waals surface area contributed by atoms with Crippen LogP contribution in [0.25, 0.3) is 22.0 Å². The number of benzene rings is 2. The van der Waals surface area contributed by atoms with Gasteiger partial charge in [-0.25, -0.2) is 0 Å². The first-order valence-corrected chi connectivity index (χ1v) is 8.52. The maximum absolute atomic E-state index is 8.35. The summed E-state index contributed by atoms with van der Waals surface area (Å²) in [6.45, 7) is 4.16. The van der Waals surface area contributed by atoms with Gasteiger partial charge in [0.15, 0.2) is 0 Å². The number of aromatic nitrogens is 1. The zero-order chi connectivity index (χ0) is 17.6. The van der Waals surface area contributed by atoms with E-state index >= 15 is 0 Å². The predicted octanol–water partition coefficient (Wildman–Crippen LogP) is 6.18. The predicted molar refractivity (Wildman–Crippen MR) is 97.9 cm³/mol. The molecule has 1 heterocycles. The third-order valence-corrected chi connectivity index (χ3v) is 4.98. The number of nitrogens with zero attached hydrogens (tertiary/aromatic N) is 1. The largest absolute Gasteiger partial charge is 0.256 e. The average molecular weight is 303 g/mol. The van der Waals surface area contributed by atoms with Crippen LogP contribution in [0.5, 0.6) is 0 Å². The van der Waals surface area contributed by atoms with Crippen LogP contribution in [0, 0.1) is 13.8 Å². The van der Waals surface area contributed by atoms with Crippen LogP contribution in [0.4, 0.5) is 0 Å². The molecule has 1 saturated carbocycles. The summed E-state index contributed by atoms with van der Waals surface area (Å²) in [5.74, 6) is 0.607. The molecule has 0 unspecified atom stereocenters. The molecule has 1 aromatic heterocycles. The van der Waals surface area contributed by atoms with Crippen molar-refractivity contribution in [2.45, 2.75) is 45.4 Å². The third-order valence-electron chi connectivity index (χ3n) is 4.98. The highest BCUT2D eigenvalue weighted by Gasteiger charge is 2.17. The molecule has 0 aliphatic heterocycles. The van der Waals surface area contributed by atoms with Gasteiger partial charge in [-0.15, -0.1) is 0 Å². The second-order valence-electron chi connectivity index (χ2n) is 6.86. The van der Waals surface area contributed by atoms with Gasteiger partial charge in [-0.1, -0.05) is 48.2 Å². The van der Waals surface area contributed by atoms with Gasteiger partial charge >= 0.3 is 0 Å². The van der Waals surface area contributed by atoms with Crippen LogP contribution in [0.3, 0.4) is 0 Å². The summed E-state index contributed by atoms with van der Waals surface area (Å²) < 4.78 is 16.5. The highest BCUT2D eigenvalue weighted by Crippen LogP contribution is 2.36. The minimum absolute atomic E-state index is 0.0604. The van der Waals surface area contributed by atoms with Crippen molar-refractivity contribution >= 4 is 10.8 Å². The number of rotatable bonds is 2. The van der Waals surface area contributed by atoms with Crippen LogP contribution in [0.2, 0.25) is 0 Å². The molecule has 1 aliphatic carbocycles. The Bertz CT molecular complexity index is 936. The van der Waals surface area contributed by atoms with Crippen molar-refractivity contribution in [3.05, 3.63) is 65.3 Å². The van der Waals surface area contributed by atoms with E-state index in [9.17, 15) is 0 Å². The Morgan fingerprint density at radius 2 is 1.74 bits per heavy atom. The Kier molecular flexibility index (Phi) is 3.10. The molecule has 116 valence electrons. The number of fused-ring (bicyclic) bond motifs is 1. The van der Waals surface area contributed by atoms with Gasteiger partial charge in [0.1, 0.15) is 0 Å². The van der Waals surface area contributed by atoms with Crippen LogP contribution in [-0.4, -0.2) is 4.98 Å². The Balaban J connectivity index is 1.94. The van der Waals surface area contributed by atoms with Crippen molar-refractivity contribution in [2.75, 3.05) is 0 Å². The fraction of sp³-hybridized carbons (Fsp3) is 0.318. The van der Waals surface area contributed by atoms with Gasteiger partial charge in [-0.05, 0) is 61.7 Å². The van der Waals surface area contributed by atoms with Gasteiger partial charge < -0.3 is 0 Å². The Morgan fingerprint density at radius 3 is 2.48 bits per heavy atom. The normalized spacial score (nSPS) is 16.6. The molecule has 0 amide bonds. The molecule has 2 aromatic carbocycles. The minimum atomic E-state index is 0.0604. The van der Waals surface area contributed by atoms with E-state index in [1.807, 2.05) is 0 Å². The molecule has 1 fully saturated rings. The maximum Gasteiger partial charge on any atom is 0.0840 e. The molecule has 0 bridgehead atoms. The Morgan fingerprint density at radius 1 is 1.00 bits per heavy atom. The number of pyridine rings is 1. The van der Waals surface area contributed by atoms with Gasteiger partial charge in [-0.2, -0.15) is 0 Å². The second-order valence-corrected chi connectivity index (χ2v) is 6.86. The van der Waals surface area contributed by atoms with E-state index in [4.69, 9.17) is 2.74 Å². The topological polar surface area (TPSA) is 12.9 Å². The quantitative estimate of drug-likeness (QED) is 0.551. The molecule has 0 radical (unpaired) electrons. The van der Waals surface area contributed by atoms with Crippen LogP contribution in [0.15, 0.2) is 48.6 Å². The summed E-state index contributed by atoms with van der Waals surface area (Å²) in [5, 5.41) is 1.84. The minimum Gasteiger partial charge on any atom is -0.256 e. The lowest BCUT2D eigenvalue weighted by molar-refractivity contribution is 0.724. The summed E-state index contributed by atoms with van der Waals surface area (Å²) in [6.07, 6.45) is 5.13. The number of hydrogen-bond acceptors (Lipinski definition) is 1. The molecule has 0 atom stereocenters. The highest BCUT2D eigenvalue weighted by molar-refractivity contribution is 5.95. The molecule has 3 aromatic rings. The van der Waals surface area contributed by atoms with Crippen LogP contribution in [-0.2, 0) is 0 Å². The third kappa shape index (κ3) is 2.76. The second kappa shape index (κ2) is 5.81. The SMILES string of the molecule is [2H]c1nc(-c2cc(C)cc(C)c2)c2ccc(C3CCCC3)cc2c1[2H]. The first-order valence-electron chi connectivity index (χ1n) is 9.52. The zero-order valence-corrected chi connectivity index (χ0v) is 13.8. The fourth-order valence-electron chi connectivity index (χ4n) is 3.92. The highest BCUT2D eigenvalue weighted by atomic mass is 14.7. The monoisotopic (exact) mass is 303 g/mol. The molecule has 1 nitrogen and oxygen atoms in total. The molecular weight excluding hydrogens is 278 g/mol. The average Bonchev–Trinajstić information content (AvgIpc) is 3.11. The molecule has 1 aliphatic rings. The maximum atomic E-state index is 8.35. The van der Waals surface area contributed by atoms with Gasteiger partial charge in [0.2, 0.25) is 0 Å². The van der Waals surface area contributed by atoms with Crippen LogP contribution < -0.4 is 0 Å². The van der Waals surface area contributed by atoms with E-state index in [0.717, 1.165) is 22.0 Å². The van der Waals surface area contributed by atoms with E-state index in [-0.39, 0.29) is 12.2 Å². The summed E-state index contributed by atoms with van der Waals surface area (Å²) in [6, 6.07) is 13.1. The first kappa shape index (κ1) is 12.3. The Hall–Kier alpha value is -2.15. The number of hydrogen-bond donors (Lipinski definition) is 0. The zero-order valence-electron chi connectivity index (χ0n) is 15.8. The smallest absolute Gasteiger partial charge is 0.0840 e. The van der Waals surface area contributed by atoms with Crippen molar-refractivity contribution in [1.82, 2.24) is 4.98 Å². The summed E-state index contributed by atoms with van der Waals surface area (Å²) in [4.78, 5) is 4.46. The lowest BCUT2D eigenvalue weighted by Crippen LogP contribution is -1.93. The van der Waals surface area contributed by atoms with E-state index in [1.54, 1.807) is 0 Å². The molecular formula is C22H23N. The van der Waals surface area contributed by atoms with Gasteiger partial charge in [0, 0.05) is 17.1 Å². The standard InChI is InChI=1S/C22H23N/c1-15-11-16(2)13-20(12-15)22-21-8-7-18(17-5-3-4-6-17)14-19(21)9-10-23-22/h7-14,17H,3-6H2,1-2H3/i9D,10D. The molecule has 4 rings (SSSR count). The summed E-state index contributed by atoms with van der Waals surface area (Å²) in [5.41, 5.74) is 5.55. The fourth-order valence-corrected chi connectivity index (χ4v) is 3.92. The van der Waals surface area contributed by atoms with Gasteiger partial charge in [-0.3, -0.25) is 4.98 Å². The van der Waals surface area contributed by atoms with Crippen molar-refractivity contribution in [3.8, 4) is 11.3 Å². The van der Waals surface area contributed by atoms with E-state index in [2.05, 4.69) is 55.2 Å². The Labute approximate surface area is 141 Å².